The predicted octanol–water partition coefficient (Wildman–Crippen LogP) is 1.68. The molecule has 2 aliphatic rings. The summed E-state index contributed by atoms with van der Waals surface area (Å²) in [5.74, 6) is 1.70. The van der Waals surface area contributed by atoms with Gasteiger partial charge in [-0.15, -0.1) is 24.0 Å². The molecule has 25 heavy (non-hydrogen) atoms. The Kier molecular flexibility index (Phi) is 11.3. The molecule has 0 radical (unpaired) electrons. The molecule has 0 aliphatic carbocycles. The molecule has 2 atom stereocenters. The largest absolute Gasteiger partial charge is 0.396 e. The van der Waals surface area contributed by atoms with Gasteiger partial charge in [0.25, 0.3) is 0 Å². The third kappa shape index (κ3) is 7.97. The maximum atomic E-state index is 9.30. The summed E-state index contributed by atoms with van der Waals surface area (Å²) in [4.78, 5) is 6.90. The molecular formula is C18H37IN4O2. The SMILES string of the molecule is CN=C(NCCCN1CCCC(C)C1)NCC1(CCO)CCOC1.I. The first-order valence-electron chi connectivity index (χ1n) is 9.53. The highest BCUT2D eigenvalue weighted by Gasteiger charge is 2.34. The van der Waals surface area contributed by atoms with E-state index < -0.39 is 0 Å². The molecule has 3 N–H and O–H groups in total. The van der Waals surface area contributed by atoms with Crippen molar-refractivity contribution in [2.24, 2.45) is 16.3 Å². The van der Waals surface area contributed by atoms with Crippen LogP contribution >= 0.6 is 24.0 Å². The van der Waals surface area contributed by atoms with Gasteiger partial charge >= 0.3 is 0 Å². The molecule has 0 aromatic carbocycles. The van der Waals surface area contributed by atoms with Crippen molar-refractivity contribution in [2.45, 2.75) is 39.0 Å². The van der Waals surface area contributed by atoms with Crippen LogP contribution in [0.4, 0.5) is 0 Å². The van der Waals surface area contributed by atoms with E-state index in [0.29, 0.717) is 0 Å². The van der Waals surface area contributed by atoms with Crippen LogP contribution in [0, 0.1) is 11.3 Å². The lowest BCUT2D eigenvalue weighted by molar-refractivity contribution is 0.127. The van der Waals surface area contributed by atoms with Crippen LogP contribution in [0.15, 0.2) is 4.99 Å². The Balaban J connectivity index is 0.00000312. The van der Waals surface area contributed by atoms with Crippen LogP contribution in [-0.4, -0.2) is 75.6 Å². The minimum atomic E-state index is 0. The van der Waals surface area contributed by atoms with Crippen molar-refractivity contribution in [2.75, 3.05) is 59.6 Å². The molecule has 2 heterocycles. The summed E-state index contributed by atoms with van der Waals surface area (Å²) < 4.78 is 5.54. The summed E-state index contributed by atoms with van der Waals surface area (Å²) in [6, 6.07) is 0. The fourth-order valence-electron chi connectivity index (χ4n) is 3.80. The number of halogens is 1. The second-order valence-electron chi connectivity index (χ2n) is 7.53. The Morgan fingerprint density at radius 3 is 2.88 bits per heavy atom. The number of aliphatic hydroxyl groups excluding tert-OH is 1. The van der Waals surface area contributed by atoms with E-state index in [-0.39, 0.29) is 36.0 Å². The molecule has 2 rings (SSSR count). The maximum Gasteiger partial charge on any atom is 0.190 e. The van der Waals surface area contributed by atoms with Gasteiger partial charge in [-0.25, -0.2) is 0 Å². The number of rotatable bonds is 8. The lowest BCUT2D eigenvalue weighted by Crippen LogP contribution is -2.45. The second-order valence-corrected chi connectivity index (χ2v) is 7.53. The van der Waals surface area contributed by atoms with Gasteiger partial charge in [0.05, 0.1) is 6.61 Å². The van der Waals surface area contributed by atoms with Crippen LogP contribution in [-0.2, 0) is 4.74 Å². The zero-order valence-electron chi connectivity index (χ0n) is 15.9. The molecule has 7 heteroatoms. The molecule has 0 spiro atoms. The average Bonchev–Trinajstić information content (AvgIpc) is 3.03. The fraction of sp³-hybridized carbons (Fsp3) is 0.944. The van der Waals surface area contributed by atoms with Crippen molar-refractivity contribution in [1.29, 1.82) is 0 Å². The van der Waals surface area contributed by atoms with Crippen LogP contribution in [0.5, 0.6) is 0 Å². The standard InChI is InChI=1S/C18H36N4O2.HI/c1-16-5-3-9-22(13-16)10-4-8-20-17(19-2)21-14-18(6-11-23)7-12-24-15-18;/h16,23H,3-15H2,1-2H3,(H2,19,20,21);1H. The molecule has 2 saturated heterocycles. The van der Waals surface area contributed by atoms with Gasteiger partial charge in [0.2, 0.25) is 0 Å². The van der Waals surface area contributed by atoms with Crippen LogP contribution in [0.1, 0.15) is 39.0 Å². The summed E-state index contributed by atoms with van der Waals surface area (Å²) >= 11 is 0. The molecule has 0 saturated carbocycles. The summed E-state index contributed by atoms with van der Waals surface area (Å²) in [6.45, 7) is 9.49. The number of nitrogens with one attached hydrogen (secondary N) is 2. The third-order valence-corrected chi connectivity index (χ3v) is 5.37. The van der Waals surface area contributed by atoms with E-state index in [9.17, 15) is 5.11 Å². The highest BCUT2D eigenvalue weighted by molar-refractivity contribution is 14.0. The lowest BCUT2D eigenvalue weighted by Gasteiger charge is -2.31. The number of aliphatic imine (C=N–C) groups is 1. The number of aliphatic hydroxyl groups is 1. The monoisotopic (exact) mass is 468 g/mol. The Morgan fingerprint density at radius 2 is 2.24 bits per heavy atom. The van der Waals surface area contributed by atoms with Crippen molar-refractivity contribution in [3.63, 3.8) is 0 Å². The van der Waals surface area contributed by atoms with Gasteiger partial charge in [0.1, 0.15) is 0 Å². The van der Waals surface area contributed by atoms with Gasteiger partial charge in [-0.1, -0.05) is 6.92 Å². The van der Waals surface area contributed by atoms with E-state index >= 15 is 0 Å². The normalized spacial score (nSPS) is 27.8. The zero-order valence-corrected chi connectivity index (χ0v) is 18.3. The number of nitrogens with zero attached hydrogens (tertiary/aromatic N) is 2. The van der Waals surface area contributed by atoms with Crippen molar-refractivity contribution in [3.05, 3.63) is 0 Å². The van der Waals surface area contributed by atoms with Gasteiger partial charge in [0, 0.05) is 45.3 Å². The van der Waals surface area contributed by atoms with Gasteiger partial charge in [0.15, 0.2) is 5.96 Å². The highest BCUT2D eigenvalue weighted by Crippen LogP contribution is 2.31. The summed E-state index contributed by atoms with van der Waals surface area (Å²) in [5, 5.41) is 16.1. The van der Waals surface area contributed by atoms with E-state index in [4.69, 9.17) is 4.74 Å². The first-order valence-corrected chi connectivity index (χ1v) is 9.53. The van der Waals surface area contributed by atoms with Crippen molar-refractivity contribution in [3.8, 4) is 0 Å². The molecular weight excluding hydrogens is 431 g/mol. The minimum Gasteiger partial charge on any atom is -0.396 e. The van der Waals surface area contributed by atoms with E-state index in [1.807, 2.05) is 7.05 Å². The van der Waals surface area contributed by atoms with Gasteiger partial charge < -0.3 is 25.4 Å². The number of ether oxygens (including phenoxy) is 1. The molecule has 0 aromatic rings. The van der Waals surface area contributed by atoms with E-state index in [1.165, 1.54) is 25.9 Å². The smallest absolute Gasteiger partial charge is 0.190 e. The van der Waals surface area contributed by atoms with Gasteiger partial charge in [-0.05, 0) is 51.1 Å². The molecule has 148 valence electrons. The van der Waals surface area contributed by atoms with Gasteiger partial charge in [-0.2, -0.15) is 0 Å². The van der Waals surface area contributed by atoms with Crippen LogP contribution in [0.25, 0.3) is 0 Å². The Bertz CT molecular complexity index is 389. The first-order chi connectivity index (χ1) is 11.7. The van der Waals surface area contributed by atoms with Crippen molar-refractivity contribution < 1.29 is 9.84 Å². The molecule has 2 aliphatic heterocycles. The highest BCUT2D eigenvalue weighted by atomic mass is 127. The lowest BCUT2D eigenvalue weighted by atomic mass is 9.84. The molecule has 2 unspecified atom stereocenters. The summed E-state index contributed by atoms with van der Waals surface area (Å²) in [5.41, 5.74) is 0.0519. The average molecular weight is 468 g/mol. The number of piperidine rings is 1. The molecule has 2 fully saturated rings. The number of guanidine groups is 1. The van der Waals surface area contributed by atoms with Crippen molar-refractivity contribution in [1.82, 2.24) is 15.5 Å². The predicted molar refractivity (Wildman–Crippen MR) is 114 cm³/mol. The van der Waals surface area contributed by atoms with Crippen molar-refractivity contribution >= 4 is 29.9 Å². The van der Waals surface area contributed by atoms with Gasteiger partial charge in [-0.3, -0.25) is 4.99 Å². The van der Waals surface area contributed by atoms with E-state index in [2.05, 4.69) is 27.4 Å². The maximum absolute atomic E-state index is 9.30. The van der Waals surface area contributed by atoms with E-state index in [1.54, 1.807) is 0 Å². The Morgan fingerprint density at radius 1 is 1.40 bits per heavy atom. The second kappa shape index (κ2) is 12.3. The minimum absolute atomic E-state index is 0. The molecule has 6 nitrogen and oxygen atoms in total. The van der Waals surface area contributed by atoms with Crippen LogP contribution in [0.3, 0.4) is 0 Å². The van der Waals surface area contributed by atoms with Crippen LogP contribution < -0.4 is 10.6 Å². The summed E-state index contributed by atoms with van der Waals surface area (Å²) in [6.07, 6.45) is 5.64. The Hall–Kier alpha value is -0.120. The Labute approximate surface area is 170 Å². The van der Waals surface area contributed by atoms with Crippen LogP contribution in [0.2, 0.25) is 0 Å². The number of likely N-dealkylation sites (tertiary alicyclic amines) is 1. The number of hydrogen-bond donors (Lipinski definition) is 3. The molecule has 0 bridgehead atoms. The molecule has 0 aromatic heterocycles. The van der Waals surface area contributed by atoms with E-state index in [0.717, 1.165) is 64.0 Å². The molecule has 0 amide bonds. The first kappa shape index (κ1) is 22.9. The summed E-state index contributed by atoms with van der Waals surface area (Å²) in [7, 11) is 1.81. The zero-order chi connectivity index (χ0) is 17.3. The fourth-order valence-corrected chi connectivity index (χ4v) is 3.80. The third-order valence-electron chi connectivity index (χ3n) is 5.37. The quantitative estimate of drug-likeness (QED) is 0.219. The number of hydrogen-bond acceptors (Lipinski definition) is 4. The topological polar surface area (TPSA) is 69.1 Å².